The molecular weight excluding hydrogens is 324 g/mol. The molecule has 134 valence electrons. The van der Waals surface area contributed by atoms with Gasteiger partial charge in [-0.1, -0.05) is 30.3 Å². The molecule has 26 heavy (non-hydrogen) atoms. The zero-order valence-electron chi connectivity index (χ0n) is 15.0. The first-order valence-electron chi connectivity index (χ1n) is 8.74. The van der Waals surface area contributed by atoms with Gasteiger partial charge in [0.25, 0.3) is 0 Å². The van der Waals surface area contributed by atoms with Crippen LogP contribution >= 0.6 is 0 Å². The molecular formula is C20H24N6. The number of aliphatic imine (C=N–C) groups is 1. The molecule has 0 radical (unpaired) electrons. The Morgan fingerprint density at radius 2 is 1.85 bits per heavy atom. The highest BCUT2D eigenvalue weighted by Gasteiger charge is 2.05. The van der Waals surface area contributed by atoms with E-state index >= 15 is 0 Å². The van der Waals surface area contributed by atoms with Crippen molar-refractivity contribution in [3.05, 3.63) is 83.9 Å². The van der Waals surface area contributed by atoms with Crippen molar-refractivity contribution < 1.29 is 0 Å². The van der Waals surface area contributed by atoms with Crippen molar-refractivity contribution >= 4 is 5.96 Å². The fraction of sp³-hybridized carbons (Fsp3) is 0.250. The summed E-state index contributed by atoms with van der Waals surface area (Å²) in [4.78, 5) is 8.63. The molecule has 0 unspecified atom stereocenters. The number of guanidine groups is 1. The minimum atomic E-state index is 0.709. The molecule has 2 N–H and O–H groups in total. The SMILES string of the molecule is CN=C(NCCc1ccccn1)NCc1ccccc1Cn1cccn1. The van der Waals surface area contributed by atoms with E-state index < -0.39 is 0 Å². The first-order chi connectivity index (χ1) is 12.8. The van der Waals surface area contributed by atoms with Gasteiger partial charge in [0, 0.05) is 50.8 Å². The molecule has 6 heteroatoms. The summed E-state index contributed by atoms with van der Waals surface area (Å²) >= 11 is 0. The average Bonchev–Trinajstić information content (AvgIpc) is 3.19. The average molecular weight is 348 g/mol. The third-order valence-electron chi connectivity index (χ3n) is 4.08. The number of hydrogen-bond acceptors (Lipinski definition) is 3. The van der Waals surface area contributed by atoms with Crippen molar-refractivity contribution in [3.8, 4) is 0 Å². The molecule has 0 amide bonds. The molecule has 1 aromatic carbocycles. The number of nitrogens with one attached hydrogen (secondary N) is 2. The topological polar surface area (TPSA) is 67.1 Å². The van der Waals surface area contributed by atoms with Crippen LogP contribution in [-0.2, 0) is 19.5 Å². The minimum Gasteiger partial charge on any atom is -0.356 e. The zero-order chi connectivity index (χ0) is 18.0. The maximum Gasteiger partial charge on any atom is 0.191 e. The molecule has 0 atom stereocenters. The summed E-state index contributed by atoms with van der Waals surface area (Å²) < 4.78 is 1.93. The van der Waals surface area contributed by atoms with Gasteiger partial charge in [0.15, 0.2) is 5.96 Å². The second-order valence-electron chi connectivity index (χ2n) is 5.90. The smallest absolute Gasteiger partial charge is 0.191 e. The molecule has 0 saturated carbocycles. The van der Waals surface area contributed by atoms with Crippen LogP contribution in [0.5, 0.6) is 0 Å². The van der Waals surface area contributed by atoms with E-state index in [1.54, 1.807) is 13.2 Å². The van der Waals surface area contributed by atoms with Crippen LogP contribution in [-0.4, -0.2) is 34.3 Å². The highest BCUT2D eigenvalue weighted by molar-refractivity contribution is 5.79. The summed E-state index contributed by atoms with van der Waals surface area (Å²) in [6.07, 6.45) is 6.45. The lowest BCUT2D eigenvalue weighted by Crippen LogP contribution is -2.38. The Hall–Kier alpha value is -3.15. The lowest BCUT2D eigenvalue weighted by molar-refractivity contribution is 0.677. The Kier molecular flexibility index (Phi) is 6.36. The summed E-state index contributed by atoms with van der Waals surface area (Å²) in [6.45, 7) is 2.25. The molecule has 0 saturated heterocycles. The van der Waals surface area contributed by atoms with Crippen LogP contribution in [0.1, 0.15) is 16.8 Å². The van der Waals surface area contributed by atoms with Crippen molar-refractivity contribution in [1.82, 2.24) is 25.4 Å². The third-order valence-corrected chi connectivity index (χ3v) is 4.08. The number of pyridine rings is 1. The van der Waals surface area contributed by atoms with Gasteiger partial charge in [-0.3, -0.25) is 14.7 Å². The molecule has 0 aliphatic rings. The number of nitrogens with zero attached hydrogens (tertiary/aromatic N) is 4. The molecule has 0 aliphatic carbocycles. The second-order valence-corrected chi connectivity index (χ2v) is 5.90. The van der Waals surface area contributed by atoms with Crippen LogP contribution in [0.25, 0.3) is 0 Å². The monoisotopic (exact) mass is 348 g/mol. The van der Waals surface area contributed by atoms with E-state index in [1.807, 2.05) is 41.3 Å². The number of rotatable bonds is 7. The number of aromatic nitrogens is 3. The normalized spacial score (nSPS) is 11.3. The van der Waals surface area contributed by atoms with Gasteiger partial charge >= 0.3 is 0 Å². The number of benzene rings is 1. The summed E-state index contributed by atoms with van der Waals surface area (Å²) in [6, 6.07) is 16.3. The lowest BCUT2D eigenvalue weighted by atomic mass is 10.1. The van der Waals surface area contributed by atoms with Gasteiger partial charge in [-0.2, -0.15) is 5.10 Å². The van der Waals surface area contributed by atoms with Crippen molar-refractivity contribution in [2.24, 2.45) is 4.99 Å². The maximum atomic E-state index is 4.33. The van der Waals surface area contributed by atoms with Gasteiger partial charge in [0.05, 0.1) is 6.54 Å². The predicted molar refractivity (Wildman–Crippen MR) is 104 cm³/mol. The third kappa shape index (κ3) is 5.17. The fourth-order valence-corrected chi connectivity index (χ4v) is 2.71. The molecule has 0 bridgehead atoms. The van der Waals surface area contributed by atoms with E-state index in [1.165, 1.54) is 11.1 Å². The van der Waals surface area contributed by atoms with E-state index in [-0.39, 0.29) is 0 Å². The summed E-state index contributed by atoms with van der Waals surface area (Å²) in [7, 11) is 1.78. The molecule has 0 spiro atoms. The van der Waals surface area contributed by atoms with E-state index in [2.05, 4.69) is 50.0 Å². The molecule has 2 aromatic heterocycles. The van der Waals surface area contributed by atoms with Gasteiger partial charge in [0.1, 0.15) is 0 Å². The quantitative estimate of drug-likeness (QED) is 0.508. The Balaban J connectivity index is 1.52. The Bertz CT molecular complexity index is 811. The molecule has 0 fully saturated rings. The maximum absolute atomic E-state index is 4.33. The van der Waals surface area contributed by atoms with Gasteiger partial charge in [-0.05, 0) is 29.3 Å². The van der Waals surface area contributed by atoms with Crippen molar-refractivity contribution in [2.45, 2.75) is 19.5 Å². The van der Waals surface area contributed by atoms with Crippen molar-refractivity contribution in [2.75, 3.05) is 13.6 Å². The number of hydrogen-bond donors (Lipinski definition) is 2. The predicted octanol–water partition coefficient (Wildman–Crippen LogP) is 2.23. The second kappa shape index (κ2) is 9.36. The van der Waals surface area contributed by atoms with Gasteiger partial charge in [0.2, 0.25) is 0 Å². The minimum absolute atomic E-state index is 0.709. The highest BCUT2D eigenvalue weighted by atomic mass is 15.3. The summed E-state index contributed by atoms with van der Waals surface area (Å²) in [5, 5.41) is 11.0. The molecule has 6 nitrogen and oxygen atoms in total. The van der Waals surface area contributed by atoms with E-state index in [0.29, 0.717) is 6.54 Å². The summed E-state index contributed by atoms with van der Waals surface area (Å²) in [5.41, 5.74) is 3.54. The summed E-state index contributed by atoms with van der Waals surface area (Å²) in [5.74, 6) is 0.787. The van der Waals surface area contributed by atoms with Crippen LogP contribution in [0.2, 0.25) is 0 Å². The Morgan fingerprint density at radius 3 is 2.58 bits per heavy atom. The van der Waals surface area contributed by atoms with Gasteiger partial charge < -0.3 is 10.6 Å². The van der Waals surface area contributed by atoms with Crippen LogP contribution < -0.4 is 10.6 Å². The van der Waals surface area contributed by atoms with Crippen molar-refractivity contribution in [1.29, 1.82) is 0 Å². The molecule has 0 aliphatic heterocycles. The molecule has 3 rings (SSSR count). The molecule has 3 aromatic rings. The fourth-order valence-electron chi connectivity index (χ4n) is 2.71. The van der Waals surface area contributed by atoms with Crippen LogP contribution in [0.3, 0.4) is 0 Å². The van der Waals surface area contributed by atoms with E-state index in [0.717, 1.165) is 31.2 Å². The van der Waals surface area contributed by atoms with E-state index in [4.69, 9.17) is 0 Å². The molecule has 2 heterocycles. The Labute approximate surface area is 154 Å². The van der Waals surface area contributed by atoms with Crippen LogP contribution in [0.4, 0.5) is 0 Å². The van der Waals surface area contributed by atoms with Gasteiger partial charge in [-0.25, -0.2) is 0 Å². The zero-order valence-corrected chi connectivity index (χ0v) is 15.0. The van der Waals surface area contributed by atoms with Crippen LogP contribution in [0, 0.1) is 0 Å². The lowest BCUT2D eigenvalue weighted by Gasteiger charge is -2.14. The van der Waals surface area contributed by atoms with Gasteiger partial charge in [-0.15, -0.1) is 0 Å². The van der Waals surface area contributed by atoms with Crippen LogP contribution in [0.15, 0.2) is 72.1 Å². The first-order valence-corrected chi connectivity index (χ1v) is 8.74. The first kappa shape index (κ1) is 17.7. The van der Waals surface area contributed by atoms with Crippen molar-refractivity contribution in [3.63, 3.8) is 0 Å². The largest absolute Gasteiger partial charge is 0.356 e. The standard InChI is InChI=1S/C20H24N6/c1-21-20(23-13-10-19-9-4-5-11-22-19)24-15-17-7-2-3-8-18(17)16-26-14-6-12-25-26/h2-9,11-12,14H,10,13,15-16H2,1H3,(H2,21,23,24). The Morgan fingerprint density at radius 1 is 1.00 bits per heavy atom. The highest BCUT2D eigenvalue weighted by Crippen LogP contribution is 2.10. The van der Waals surface area contributed by atoms with E-state index in [9.17, 15) is 0 Å².